The van der Waals surface area contributed by atoms with Crippen molar-refractivity contribution in [3.05, 3.63) is 92.0 Å². The number of aryl methyl sites for hydroxylation is 2. The van der Waals surface area contributed by atoms with Gasteiger partial charge < -0.3 is 4.42 Å². The van der Waals surface area contributed by atoms with Crippen LogP contribution in [0.5, 0.6) is 0 Å². The first kappa shape index (κ1) is 17.8. The topological polar surface area (TPSA) is 63.4 Å². The van der Waals surface area contributed by atoms with Crippen molar-refractivity contribution in [1.29, 1.82) is 0 Å². The number of halogens is 1. The number of rotatable bonds is 2. The third-order valence-corrected chi connectivity index (χ3v) is 6.08. The highest BCUT2D eigenvalue weighted by Gasteiger charge is 2.45. The second kappa shape index (κ2) is 6.35. The number of nitrogens with zero attached hydrogens (tertiary/aromatic N) is 2. The molecule has 1 atom stereocenters. The Kier molecular flexibility index (Phi) is 3.89. The van der Waals surface area contributed by atoms with Gasteiger partial charge in [-0.1, -0.05) is 18.2 Å². The van der Waals surface area contributed by atoms with E-state index in [1.165, 1.54) is 22.3 Å². The molecule has 7 heteroatoms. The number of aromatic nitrogens is 1. The molecule has 2 aromatic heterocycles. The average molecular weight is 406 g/mol. The quantitative estimate of drug-likeness (QED) is 0.482. The van der Waals surface area contributed by atoms with Gasteiger partial charge in [0.2, 0.25) is 5.76 Å². The number of carbonyl (C=O) groups is 1. The van der Waals surface area contributed by atoms with Gasteiger partial charge >= 0.3 is 0 Å². The predicted molar refractivity (Wildman–Crippen MR) is 109 cm³/mol. The Balaban J connectivity index is 1.87. The van der Waals surface area contributed by atoms with Crippen LogP contribution in [-0.2, 0) is 0 Å². The van der Waals surface area contributed by atoms with Crippen LogP contribution in [-0.4, -0.2) is 10.9 Å². The van der Waals surface area contributed by atoms with Crippen molar-refractivity contribution in [3.8, 4) is 0 Å². The lowest BCUT2D eigenvalue weighted by molar-refractivity contribution is 0.0970. The van der Waals surface area contributed by atoms with Gasteiger partial charge in [0.05, 0.1) is 10.9 Å². The molecule has 4 aromatic rings. The van der Waals surface area contributed by atoms with E-state index in [1.54, 1.807) is 41.9 Å². The number of hydrogen-bond acceptors (Lipinski definition) is 5. The maximum atomic E-state index is 14.8. The molecular weight excluding hydrogens is 391 g/mol. The fraction of sp³-hybridized carbons (Fsp3) is 0.136. The minimum Gasteiger partial charge on any atom is -0.450 e. The van der Waals surface area contributed by atoms with Crippen LogP contribution in [0.25, 0.3) is 11.0 Å². The van der Waals surface area contributed by atoms with E-state index in [4.69, 9.17) is 4.42 Å². The van der Waals surface area contributed by atoms with Gasteiger partial charge in [0.15, 0.2) is 10.6 Å². The van der Waals surface area contributed by atoms with E-state index >= 15 is 0 Å². The van der Waals surface area contributed by atoms with Crippen molar-refractivity contribution in [2.45, 2.75) is 19.9 Å². The SMILES string of the molecule is Cc1cc2oc3c(c(=O)c2cc1C)[C@H](c1ccccc1F)N(c1nccs1)C3=O. The molecule has 0 saturated carbocycles. The summed E-state index contributed by atoms with van der Waals surface area (Å²) < 4.78 is 20.7. The van der Waals surface area contributed by atoms with Gasteiger partial charge in [0.1, 0.15) is 17.4 Å². The summed E-state index contributed by atoms with van der Waals surface area (Å²) in [5.74, 6) is -1.06. The number of carbonyl (C=O) groups excluding carboxylic acids is 1. The third kappa shape index (κ3) is 2.54. The van der Waals surface area contributed by atoms with E-state index in [9.17, 15) is 14.0 Å². The number of amides is 1. The zero-order valence-electron chi connectivity index (χ0n) is 15.6. The van der Waals surface area contributed by atoms with Crippen molar-refractivity contribution in [2.75, 3.05) is 4.90 Å². The Bertz CT molecular complexity index is 1340. The monoisotopic (exact) mass is 406 g/mol. The molecular formula is C22H15FN2O3S. The van der Waals surface area contributed by atoms with Crippen LogP contribution in [0.3, 0.4) is 0 Å². The van der Waals surface area contributed by atoms with Crippen LogP contribution in [0, 0.1) is 19.7 Å². The van der Waals surface area contributed by atoms with Crippen molar-refractivity contribution in [1.82, 2.24) is 4.98 Å². The van der Waals surface area contributed by atoms with Crippen LogP contribution < -0.4 is 10.3 Å². The van der Waals surface area contributed by atoms with Gasteiger partial charge in [-0.05, 0) is 43.2 Å². The van der Waals surface area contributed by atoms with Crippen LogP contribution in [0.15, 0.2) is 57.2 Å². The number of fused-ring (bicyclic) bond motifs is 2. The first-order valence-corrected chi connectivity index (χ1v) is 9.90. The normalized spacial score (nSPS) is 15.9. The van der Waals surface area contributed by atoms with E-state index in [0.29, 0.717) is 16.1 Å². The summed E-state index contributed by atoms with van der Waals surface area (Å²) >= 11 is 1.24. The Morgan fingerprint density at radius 1 is 1.14 bits per heavy atom. The zero-order chi connectivity index (χ0) is 20.3. The van der Waals surface area contributed by atoms with Gasteiger partial charge in [-0.15, -0.1) is 11.3 Å². The molecule has 1 aliphatic heterocycles. The summed E-state index contributed by atoms with van der Waals surface area (Å²) in [4.78, 5) is 32.3. The van der Waals surface area contributed by atoms with E-state index in [0.717, 1.165) is 11.1 Å². The second-order valence-electron chi connectivity index (χ2n) is 7.02. The number of thiazole rings is 1. The van der Waals surface area contributed by atoms with Crippen molar-refractivity contribution >= 4 is 33.3 Å². The van der Waals surface area contributed by atoms with Gasteiger partial charge in [0.25, 0.3) is 5.91 Å². The Morgan fingerprint density at radius 2 is 1.90 bits per heavy atom. The molecule has 0 spiro atoms. The van der Waals surface area contributed by atoms with Gasteiger partial charge in [-0.3, -0.25) is 14.5 Å². The smallest absolute Gasteiger partial charge is 0.297 e. The maximum Gasteiger partial charge on any atom is 0.297 e. The average Bonchev–Trinajstić information content (AvgIpc) is 3.31. The summed E-state index contributed by atoms with van der Waals surface area (Å²) in [5, 5.41) is 2.48. The Morgan fingerprint density at radius 3 is 2.62 bits per heavy atom. The summed E-state index contributed by atoms with van der Waals surface area (Å²) in [6, 6.07) is 8.71. The molecule has 1 aliphatic rings. The fourth-order valence-electron chi connectivity index (χ4n) is 3.75. The molecule has 1 amide bonds. The lowest BCUT2D eigenvalue weighted by Gasteiger charge is -2.22. The first-order valence-electron chi connectivity index (χ1n) is 9.03. The Hall–Kier alpha value is -3.32. The first-order chi connectivity index (χ1) is 14.0. The molecule has 29 heavy (non-hydrogen) atoms. The second-order valence-corrected chi connectivity index (χ2v) is 7.89. The summed E-state index contributed by atoms with van der Waals surface area (Å²) in [6.45, 7) is 3.82. The van der Waals surface area contributed by atoms with Gasteiger partial charge in [-0.25, -0.2) is 9.37 Å². The summed E-state index contributed by atoms with van der Waals surface area (Å²) in [7, 11) is 0. The highest BCUT2D eigenvalue weighted by molar-refractivity contribution is 7.13. The third-order valence-electron chi connectivity index (χ3n) is 5.31. The number of hydrogen-bond donors (Lipinski definition) is 0. The van der Waals surface area contributed by atoms with E-state index < -0.39 is 17.8 Å². The largest absolute Gasteiger partial charge is 0.450 e. The van der Waals surface area contributed by atoms with E-state index in [2.05, 4.69) is 4.98 Å². The standard InChI is InChI=1S/C22H15FN2O3S/c1-11-9-14-16(10-12(11)2)28-20-17(19(14)26)18(13-5-3-4-6-15(13)23)25(21(20)27)22-24-7-8-29-22/h3-10,18H,1-2H3/t18-/m0/s1. The number of anilines is 1. The minimum absolute atomic E-state index is 0.0609. The van der Waals surface area contributed by atoms with Crippen LogP contribution in [0.4, 0.5) is 9.52 Å². The molecule has 3 heterocycles. The summed E-state index contributed by atoms with van der Waals surface area (Å²) in [6.07, 6.45) is 1.56. The molecule has 0 saturated heterocycles. The molecule has 0 unspecified atom stereocenters. The summed E-state index contributed by atoms with van der Waals surface area (Å²) in [5.41, 5.74) is 2.28. The number of benzene rings is 2. The van der Waals surface area contributed by atoms with Gasteiger partial charge in [-0.2, -0.15) is 0 Å². The molecule has 2 aromatic carbocycles. The van der Waals surface area contributed by atoms with Crippen molar-refractivity contribution in [2.24, 2.45) is 0 Å². The highest BCUT2D eigenvalue weighted by atomic mass is 32.1. The molecule has 0 aliphatic carbocycles. The van der Waals surface area contributed by atoms with Crippen molar-refractivity contribution in [3.63, 3.8) is 0 Å². The molecule has 144 valence electrons. The minimum atomic E-state index is -0.938. The highest BCUT2D eigenvalue weighted by Crippen LogP contribution is 2.42. The maximum absolute atomic E-state index is 14.8. The zero-order valence-corrected chi connectivity index (χ0v) is 16.4. The van der Waals surface area contributed by atoms with E-state index in [1.807, 2.05) is 13.8 Å². The van der Waals surface area contributed by atoms with Crippen LogP contribution >= 0.6 is 11.3 Å². The van der Waals surface area contributed by atoms with E-state index in [-0.39, 0.29) is 22.3 Å². The molecule has 0 bridgehead atoms. The van der Waals surface area contributed by atoms with Crippen molar-refractivity contribution < 1.29 is 13.6 Å². The van der Waals surface area contributed by atoms with Crippen LogP contribution in [0.2, 0.25) is 0 Å². The molecule has 0 fully saturated rings. The van der Waals surface area contributed by atoms with Gasteiger partial charge in [0, 0.05) is 17.1 Å². The predicted octanol–water partition coefficient (Wildman–Crippen LogP) is 4.76. The lowest BCUT2D eigenvalue weighted by Crippen LogP contribution is -2.29. The fourth-order valence-corrected chi connectivity index (χ4v) is 4.42. The van der Waals surface area contributed by atoms with Crippen LogP contribution in [0.1, 0.15) is 38.9 Å². The Labute approximate surface area is 169 Å². The lowest BCUT2D eigenvalue weighted by atomic mass is 9.97. The molecule has 0 N–H and O–H groups in total. The molecule has 5 nitrogen and oxygen atoms in total. The molecule has 0 radical (unpaired) electrons. The molecule has 5 rings (SSSR count).